The molecule has 1 aromatic carbocycles. The van der Waals surface area contributed by atoms with Crippen LogP contribution >= 0.6 is 0 Å². The summed E-state index contributed by atoms with van der Waals surface area (Å²) in [7, 11) is 0. The van der Waals surface area contributed by atoms with Crippen LogP contribution in [0, 0.1) is 5.92 Å². The van der Waals surface area contributed by atoms with Gasteiger partial charge in [-0.1, -0.05) is 42.5 Å². The zero-order chi connectivity index (χ0) is 14.4. The van der Waals surface area contributed by atoms with E-state index in [4.69, 9.17) is 5.11 Å². The smallest absolute Gasteiger partial charge is 0.305 e. The maximum atomic E-state index is 12.1. The summed E-state index contributed by atoms with van der Waals surface area (Å²) >= 11 is 0. The van der Waals surface area contributed by atoms with Gasteiger partial charge in [0.1, 0.15) is 0 Å². The van der Waals surface area contributed by atoms with E-state index in [1.54, 1.807) is 24.3 Å². The molecule has 0 saturated carbocycles. The van der Waals surface area contributed by atoms with Crippen LogP contribution in [0.3, 0.4) is 0 Å². The number of carboxylic acid groups (broad SMARTS) is 1. The minimum atomic E-state index is -0.911. The summed E-state index contributed by atoms with van der Waals surface area (Å²) in [5.41, 5.74) is 0.540. The highest BCUT2D eigenvalue weighted by atomic mass is 16.4. The molecule has 4 nitrogen and oxygen atoms in total. The van der Waals surface area contributed by atoms with Gasteiger partial charge in [0.25, 0.3) is 5.91 Å². The van der Waals surface area contributed by atoms with Gasteiger partial charge < -0.3 is 10.4 Å². The van der Waals surface area contributed by atoms with Crippen LogP contribution in [0.5, 0.6) is 0 Å². The largest absolute Gasteiger partial charge is 0.481 e. The number of nitrogens with one attached hydrogen (secondary N) is 1. The lowest BCUT2D eigenvalue weighted by Gasteiger charge is -2.25. The van der Waals surface area contributed by atoms with E-state index in [9.17, 15) is 9.59 Å². The Balaban J connectivity index is 2.07. The van der Waals surface area contributed by atoms with Crippen molar-refractivity contribution in [2.24, 2.45) is 5.92 Å². The second-order valence-electron chi connectivity index (χ2n) is 4.76. The van der Waals surface area contributed by atoms with Crippen LogP contribution in [0.15, 0.2) is 54.6 Å². The first kappa shape index (κ1) is 14.1. The number of aliphatic carboxylic acids is 1. The highest BCUT2D eigenvalue weighted by Gasteiger charge is 2.24. The first-order chi connectivity index (χ1) is 9.66. The van der Waals surface area contributed by atoms with E-state index in [-0.39, 0.29) is 18.2 Å². The predicted octanol–water partition coefficient (Wildman–Crippen LogP) is 2.39. The Morgan fingerprint density at radius 2 is 2.00 bits per heavy atom. The molecular formula is C16H17NO3. The van der Waals surface area contributed by atoms with Crippen LogP contribution in [0.2, 0.25) is 0 Å². The fourth-order valence-electron chi connectivity index (χ4n) is 2.24. The molecule has 1 aromatic rings. The van der Waals surface area contributed by atoms with Crippen LogP contribution in [-0.2, 0) is 4.79 Å². The Kier molecular flexibility index (Phi) is 4.71. The second kappa shape index (κ2) is 6.70. The third kappa shape index (κ3) is 3.82. The number of amides is 1. The number of carbonyl (C=O) groups is 2. The van der Waals surface area contributed by atoms with Crippen molar-refractivity contribution in [1.29, 1.82) is 0 Å². The van der Waals surface area contributed by atoms with Gasteiger partial charge in [0, 0.05) is 17.5 Å². The fraction of sp³-hybridized carbons (Fsp3) is 0.250. The van der Waals surface area contributed by atoms with Crippen LogP contribution in [-0.4, -0.2) is 23.0 Å². The normalized spacial score (nSPS) is 18.5. The number of benzene rings is 1. The summed E-state index contributed by atoms with van der Waals surface area (Å²) < 4.78 is 0. The monoisotopic (exact) mass is 271 g/mol. The summed E-state index contributed by atoms with van der Waals surface area (Å²) in [4.78, 5) is 23.1. The molecule has 104 valence electrons. The summed E-state index contributed by atoms with van der Waals surface area (Å²) in [5.74, 6) is -1.13. The van der Waals surface area contributed by atoms with Gasteiger partial charge in [0.2, 0.25) is 0 Å². The van der Waals surface area contributed by atoms with Gasteiger partial charge in [0.15, 0.2) is 0 Å². The maximum absolute atomic E-state index is 12.1. The first-order valence-corrected chi connectivity index (χ1v) is 6.58. The molecule has 0 fully saturated rings. The van der Waals surface area contributed by atoms with Crippen molar-refractivity contribution in [3.63, 3.8) is 0 Å². The number of allylic oxidation sites excluding steroid dienone is 3. The van der Waals surface area contributed by atoms with Crippen LogP contribution in [0.4, 0.5) is 0 Å². The molecule has 4 heteroatoms. The summed E-state index contributed by atoms with van der Waals surface area (Å²) in [6.07, 6.45) is 8.39. The first-order valence-electron chi connectivity index (χ1n) is 6.58. The van der Waals surface area contributed by atoms with Crippen molar-refractivity contribution >= 4 is 11.9 Å². The van der Waals surface area contributed by atoms with E-state index in [1.807, 2.05) is 30.4 Å². The molecule has 0 aliphatic heterocycles. The van der Waals surface area contributed by atoms with Crippen LogP contribution < -0.4 is 5.32 Å². The molecule has 0 bridgehead atoms. The molecule has 1 aliphatic rings. The van der Waals surface area contributed by atoms with Crippen LogP contribution in [0.25, 0.3) is 0 Å². The van der Waals surface area contributed by atoms with Crippen molar-refractivity contribution in [3.8, 4) is 0 Å². The van der Waals surface area contributed by atoms with Crippen molar-refractivity contribution in [2.75, 3.05) is 0 Å². The van der Waals surface area contributed by atoms with Gasteiger partial charge in [-0.3, -0.25) is 9.59 Å². The minimum absolute atomic E-state index is 0.0174. The van der Waals surface area contributed by atoms with E-state index in [0.717, 1.165) is 6.42 Å². The maximum Gasteiger partial charge on any atom is 0.305 e. The average molecular weight is 271 g/mol. The number of carbonyl (C=O) groups excluding carboxylic acids is 1. The van der Waals surface area contributed by atoms with Crippen molar-refractivity contribution in [2.45, 2.75) is 18.9 Å². The van der Waals surface area contributed by atoms with E-state index >= 15 is 0 Å². The molecule has 0 radical (unpaired) electrons. The molecule has 1 amide bonds. The van der Waals surface area contributed by atoms with Gasteiger partial charge in [0.05, 0.1) is 6.42 Å². The molecule has 2 unspecified atom stereocenters. The zero-order valence-corrected chi connectivity index (χ0v) is 11.0. The zero-order valence-electron chi connectivity index (χ0n) is 11.0. The van der Waals surface area contributed by atoms with Crippen LogP contribution in [0.1, 0.15) is 23.2 Å². The number of carboxylic acids is 1. The Labute approximate surface area is 117 Å². The molecule has 2 atom stereocenters. The molecule has 0 spiro atoms. The third-order valence-electron chi connectivity index (χ3n) is 3.28. The number of rotatable bonds is 5. The minimum Gasteiger partial charge on any atom is -0.481 e. The molecule has 0 saturated heterocycles. The van der Waals surface area contributed by atoms with E-state index < -0.39 is 12.0 Å². The van der Waals surface area contributed by atoms with Gasteiger partial charge >= 0.3 is 5.97 Å². The van der Waals surface area contributed by atoms with Gasteiger partial charge in [-0.05, 0) is 18.6 Å². The summed E-state index contributed by atoms with van der Waals surface area (Å²) in [6.45, 7) is 0. The molecular weight excluding hydrogens is 254 g/mol. The van der Waals surface area contributed by atoms with E-state index in [0.29, 0.717) is 5.56 Å². The van der Waals surface area contributed by atoms with Gasteiger partial charge in [-0.15, -0.1) is 0 Å². The summed E-state index contributed by atoms with van der Waals surface area (Å²) in [5, 5.41) is 11.8. The lowest BCUT2D eigenvalue weighted by Crippen LogP contribution is -2.41. The Hall–Kier alpha value is -2.36. The van der Waals surface area contributed by atoms with Crippen molar-refractivity contribution in [1.82, 2.24) is 5.32 Å². The standard InChI is InChI=1S/C16H17NO3/c18-15(19)11-14(12-7-3-1-4-8-12)17-16(20)13-9-5-2-6-10-13/h1-7,9-10,12,14H,8,11H2,(H,17,20)(H,18,19). The van der Waals surface area contributed by atoms with Crippen molar-refractivity contribution < 1.29 is 14.7 Å². The van der Waals surface area contributed by atoms with Gasteiger partial charge in [-0.2, -0.15) is 0 Å². The fourth-order valence-corrected chi connectivity index (χ4v) is 2.24. The average Bonchev–Trinajstić information content (AvgIpc) is 2.48. The van der Waals surface area contributed by atoms with E-state index in [1.165, 1.54) is 0 Å². The molecule has 1 aliphatic carbocycles. The van der Waals surface area contributed by atoms with Crippen molar-refractivity contribution in [3.05, 3.63) is 60.2 Å². The number of hydrogen-bond donors (Lipinski definition) is 2. The second-order valence-corrected chi connectivity index (χ2v) is 4.76. The highest BCUT2D eigenvalue weighted by molar-refractivity contribution is 5.94. The predicted molar refractivity (Wildman–Crippen MR) is 76.3 cm³/mol. The quantitative estimate of drug-likeness (QED) is 0.864. The molecule has 2 rings (SSSR count). The summed E-state index contributed by atoms with van der Waals surface area (Å²) in [6, 6.07) is 8.42. The molecule has 0 aromatic heterocycles. The topological polar surface area (TPSA) is 66.4 Å². The Morgan fingerprint density at radius 3 is 2.60 bits per heavy atom. The Morgan fingerprint density at radius 1 is 1.25 bits per heavy atom. The van der Waals surface area contributed by atoms with E-state index in [2.05, 4.69) is 5.32 Å². The SMILES string of the molecule is O=C(O)CC(NC(=O)c1ccccc1)C1C=CC=CC1. The molecule has 0 heterocycles. The molecule has 2 N–H and O–H groups in total. The van der Waals surface area contributed by atoms with Gasteiger partial charge in [-0.25, -0.2) is 0 Å². The lowest BCUT2D eigenvalue weighted by molar-refractivity contribution is -0.137. The lowest BCUT2D eigenvalue weighted by atomic mass is 9.90. The Bertz CT molecular complexity index is 534. The molecule has 20 heavy (non-hydrogen) atoms. The third-order valence-corrected chi connectivity index (χ3v) is 3.28. The highest BCUT2D eigenvalue weighted by Crippen LogP contribution is 2.19. The number of hydrogen-bond acceptors (Lipinski definition) is 2.